The fourth-order valence-corrected chi connectivity index (χ4v) is 3.17. The number of rotatable bonds is 7. The minimum Gasteiger partial charge on any atom is -0.461 e. The molecule has 1 amide bonds. The van der Waals surface area contributed by atoms with Gasteiger partial charge < -0.3 is 10.1 Å². The molecule has 1 aromatic heterocycles. The first-order chi connectivity index (χ1) is 12.2. The molecular formula is C19H18N2O3S. The number of nitriles is 1. The van der Waals surface area contributed by atoms with Crippen LogP contribution in [0.5, 0.6) is 0 Å². The Balaban J connectivity index is 1.55. The van der Waals surface area contributed by atoms with Gasteiger partial charge in [0.15, 0.2) is 0 Å². The molecule has 5 nitrogen and oxygen atoms in total. The average Bonchev–Trinajstić information content (AvgIpc) is 3.36. The van der Waals surface area contributed by atoms with E-state index >= 15 is 0 Å². The van der Waals surface area contributed by atoms with Crippen LogP contribution in [0.15, 0.2) is 41.8 Å². The lowest BCUT2D eigenvalue weighted by Crippen LogP contribution is -2.16. The van der Waals surface area contributed by atoms with Gasteiger partial charge in [-0.25, -0.2) is 4.79 Å². The first kappa shape index (κ1) is 17.2. The van der Waals surface area contributed by atoms with Crippen molar-refractivity contribution in [1.29, 1.82) is 5.26 Å². The van der Waals surface area contributed by atoms with E-state index in [2.05, 4.69) is 11.4 Å². The van der Waals surface area contributed by atoms with Gasteiger partial charge in [0, 0.05) is 22.9 Å². The van der Waals surface area contributed by atoms with Crippen LogP contribution in [0.4, 0.5) is 5.69 Å². The molecule has 1 atom stereocenters. The number of nitrogens with zero attached hydrogens (tertiary/aromatic N) is 1. The predicted molar refractivity (Wildman–Crippen MR) is 95.2 cm³/mol. The van der Waals surface area contributed by atoms with E-state index in [1.165, 1.54) is 0 Å². The van der Waals surface area contributed by atoms with Gasteiger partial charge in [-0.05, 0) is 42.5 Å². The molecule has 128 valence electrons. The van der Waals surface area contributed by atoms with Crippen LogP contribution in [0.3, 0.4) is 0 Å². The number of carbonyl (C=O) groups excluding carboxylic acids is 2. The van der Waals surface area contributed by atoms with Crippen molar-refractivity contribution in [3.8, 4) is 6.07 Å². The second-order valence-corrected chi connectivity index (χ2v) is 7.08. The molecule has 1 aliphatic carbocycles. The molecule has 1 heterocycles. The Morgan fingerprint density at radius 3 is 2.84 bits per heavy atom. The minimum absolute atomic E-state index is 0.00832. The minimum atomic E-state index is -0.492. The lowest BCUT2D eigenvalue weighted by molar-refractivity contribution is -0.117. The van der Waals surface area contributed by atoms with E-state index in [0.717, 1.165) is 17.7 Å². The topological polar surface area (TPSA) is 79.2 Å². The van der Waals surface area contributed by atoms with Crippen molar-refractivity contribution in [1.82, 2.24) is 0 Å². The zero-order valence-corrected chi connectivity index (χ0v) is 14.4. The zero-order valence-electron chi connectivity index (χ0n) is 13.6. The monoisotopic (exact) mass is 354 g/mol. The van der Waals surface area contributed by atoms with Crippen molar-refractivity contribution in [3.63, 3.8) is 0 Å². The Hall–Kier alpha value is -2.65. The molecule has 1 N–H and O–H groups in total. The first-order valence-corrected chi connectivity index (χ1v) is 9.03. The summed E-state index contributed by atoms with van der Waals surface area (Å²) in [5.41, 5.74) is 0.947. The van der Waals surface area contributed by atoms with E-state index in [0.29, 0.717) is 17.7 Å². The van der Waals surface area contributed by atoms with Crippen LogP contribution in [-0.4, -0.2) is 18.5 Å². The Labute approximate surface area is 150 Å². The summed E-state index contributed by atoms with van der Waals surface area (Å²) in [5.74, 6) is -0.774. The van der Waals surface area contributed by atoms with E-state index in [9.17, 15) is 14.9 Å². The third-order valence-corrected chi connectivity index (χ3v) is 4.84. The van der Waals surface area contributed by atoms with Gasteiger partial charge in [0.05, 0.1) is 17.6 Å². The van der Waals surface area contributed by atoms with E-state index < -0.39 is 5.97 Å². The van der Waals surface area contributed by atoms with Gasteiger partial charge >= 0.3 is 5.97 Å². The van der Waals surface area contributed by atoms with Gasteiger partial charge in [0.2, 0.25) is 5.91 Å². The third-order valence-electron chi connectivity index (χ3n) is 3.94. The molecule has 25 heavy (non-hydrogen) atoms. The van der Waals surface area contributed by atoms with Crippen LogP contribution in [0.1, 0.15) is 28.1 Å². The highest BCUT2D eigenvalue weighted by Gasteiger charge is 2.29. The molecule has 0 radical (unpaired) electrons. The molecule has 1 saturated carbocycles. The van der Waals surface area contributed by atoms with E-state index in [-0.39, 0.29) is 24.3 Å². The highest BCUT2D eigenvalue weighted by Crippen LogP contribution is 2.30. The Morgan fingerprint density at radius 2 is 2.16 bits per heavy atom. The summed E-state index contributed by atoms with van der Waals surface area (Å²) in [4.78, 5) is 25.1. The number of benzene rings is 1. The summed E-state index contributed by atoms with van der Waals surface area (Å²) >= 11 is 1.58. The summed E-state index contributed by atoms with van der Waals surface area (Å²) in [5, 5.41) is 14.0. The van der Waals surface area contributed by atoms with Crippen LogP contribution >= 0.6 is 11.3 Å². The number of hydrogen-bond acceptors (Lipinski definition) is 5. The number of hydrogen-bond donors (Lipinski definition) is 1. The van der Waals surface area contributed by atoms with E-state index in [4.69, 9.17) is 4.74 Å². The maximum Gasteiger partial charge on any atom is 0.338 e. The van der Waals surface area contributed by atoms with Crippen molar-refractivity contribution in [2.45, 2.75) is 19.3 Å². The molecule has 1 fully saturated rings. The largest absolute Gasteiger partial charge is 0.461 e. The quantitative estimate of drug-likeness (QED) is 0.770. The molecule has 0 bridgehead atoms. The molecule has 1 aliphatic rings. The second-order valence-electron chi connectivity index (χ2n) is 6.05. The SMILES string of the molecule is N#C[C@@H](COC(=O)c1cccc(NC(=O)C2CC2)c1)Cc1cccs1. The van der Waals surface area contributed by atoms with Crippen LogP contribution in [0.2, 0.25) is 0 Å². The fraction of sp³-hybridized carbons (Fsp3) is 0.316. The molecular weight excluding hydrogens is 336 g/mol. The Kier molecular flexibility index (Phi) is 5.46. The maximum atomic E-state index is 12.2. The predicted octanol–water partition coefficient (Wildman–Crippen LogP) is 3.64. The first-order valence-electron chi connectivity index (χ1n) is 8.16. The number of nitrogens with one attached hydrogen (secondary N) is 1. The van der Waals surface area contributed by atoms with Crippen LogP contribution in [-0.2, 0) is 16.0 Å². The molecule has 3 rings (SSSR count). The van der Waals surface area contributed by atoms with Crippen molar-refractivity contribution >= 4 is 28.9 Å². The number of thiophene rings is 1. The van der Waals surface area contributed by atoms with Crippen molar-refractivity contribution in [3.05, 3.63) is 52.2 Å². The second kappa shape index (κ2) is 7.95. The van der Waals surface area contributed by atoms with Gasteiger partial charge in [-0.2, -0.15) is 5.26 Å². The van der Waals surface area contributed by atoms with E-state index in [1.54, 1.807) is 35.6 Å². The lowest BCUT2D eigenvalue weighted by atomic mass is 10.1. The van der Waals surface area contributed by atoms with E-state index in [1.807, 2.05) is 17.5 Å². The highest BCUT2D eigenvalue weighted by molar-refractivity contribution is 7.09. The summed E-state index contributed by atoms with van der Waals surface area (Å²) in [7, 11) is 0. The number of ether oxygens (including phenoxy) is 1. The number of esters is 1. The summed E-state index contributed by atoms with van der Waals surface area (Å²) in [6.45, 7) is 0.0475. The van der Waals surface area contributed by atoms with Crippen molar-refractivity contribution in [2.24, 2.45) is 11.8 Å². The fourth-order valence-electron chi connectivity index (χ4n) is 2.39. The molecule has 6 heteroatoms. The molecule has 0 unspecified atom stereocenters. The molecule has 1 aromatic carbocycles. The normalized spacial score (nSPS) is 14.4. The molecule has 2 aromatic rings. The summed E-state index contributed by atoms with van der Waals surface area (Å²) < 4.78 is 5.28. The summed E-state index contributed by atoms with van der Waals surface area (Å²) in [6.07, 6.45) is 2.42. The molecule has 0 saturated heterocycles. The van der Waals surface area contributed by atoms with Gasteiger partial charge in [0.1, 0.15) is 6.61 Å². The number of carbonyl (C=O) groups is 2. The smallest absolute Gasteiger partial charge is 0.338 e. The van der Waals surface area contributed by atoms with Crippen LogP contribution < -0.4 is 5.32 Å². The van der Waals surface area contributed by atoms with Crippen LogP contribution in [0.25, 0.3) is 0 Å². The van der Waals surface area contributed by atoms with Gasteiger partial charge in [0.25, 0.3) is 0 Å². The standard InChI is InChI=1S/C19H18N2O3S/c20-11-13(9-17-5-2-8-25-17)12-24-19(23)15-3-1-4-16(10-15)21-18(22)14-6-7-14/h1-5,8,10,13-14H,6-7,9,12H2,(H,21,22)/t13-/m0/s1. The van der Waals surface area contributed by atoms with Crippen LogP contribution in [0, 0.1) is 23.2 Å². The summed E-state index contributed by atoms with van der Waals surface area (Å²) in [6, 6.07) is 12.7. The van der Waals surface area contributed by atoms with Gasteiger partial charge in [-0.1, -0.05) is 12.1 Å². The van der Waals surface area contributed by atoms with Crippen molar-refractivity contribution in [2.75, 3.05) is 11.9 Å². The Bertz CT molecular complexity index is 791. The number of amides is 1. The van der Waals surface area contributed by atoms with Gasteiger partial charge in [-0.15, -0.1) is 11.3 Å². The molecule has 0 spiro atoms. The number of anilines is 1. The third kappa shape index (κ3) is 4.91. The van der Waals surface area contributed by atoms with Gasteiger partial charge in [-0.3, -0.25) is 4.79 Å². The average molecular weight is 354 g/mol. The molecule has 0 aliphatic heterocycles. The lowest BCUT2D eigenvalue weighted by Gasteiger charge is -2.10. The Morgan fingerprint density at radius 1 is 1.32 bits per heavy atom. The highest BCUT2D eigenvalue weighted by atomic mass is 32.1. The van der Waals surface area contributed by atoms with Crippen molar-refractivity contribution < 1.29 is 14.3 Å². The zero-order chi connectivity index (χ0) is 17.6. The maximum absolute atomic E-state index is 12.2.